The summed E-state index contributed by atoms with van der Waals surface area (Å²) in [6.45, 7) is 2.53. The number of thiocarbonyl (C=S) groups is 1. The van der Waals surface area contributed by atoms with Gasteiger partial charge in [-0.25, -0.2) is 0 Å². The van der Waals surface area contributed by atoms with Gasteiger partial charge in [-0.2, -0.15) is 0 Å². The fraction of sp³-hybridized carbons (Fsp3) is 0.125. The van der Waals surface area contributed by atoms with E-state index in [1.807, 2.05) is 42.6 Å². The van der Waals surface area contributed by atoms with Crippen LogP contribution in [0.5, 0.6) is 5.75 Å². The molecule has 23 heavy (non-hydrogen) atoms. The van der Waals surface area contributed by atoms with E-state index in [1.165, 1.54) is 4.90 Å². The lowest BCUT2D eigenvalue weighted by molar-refractivity contribution is -0.113. The van der Waals surface area contributed by atoms with Gasteiger partial charge >= 0.3 is 0 Å². The second kappa shape index (κ2) is 6.82. The van der Waals surface area contributed by atoms with Crippen molar-refractivity contribution in [2.75, 3.05) is 11.5 Å². The van der Waals surface area contributed by atoms with Crippen molar-refractivity contribution in [2.45, 2.75) is 6.92 Å². The number of nitrogens with zero attached hydrogens (tertiary/aromatic N) is 1. The van der Waals surface area contributed by atoms with Gasteiger partial charge < -0.3 is 10.1 Å². The van der Waals surface area contributed by atoms with Gasteiger partial charge in [-0.1, -0.05) is 0 Å². The Labute approximate surface area is 151 Å². The Bertz CT molecular complexity index is 784. The summed E-state index contributed by atoms with van der Waals surface area (Å²) in [5.41, 5.74) is 1.19. The van der Waals surface area contributed by atoms with Crippen molar-refractivity contribution in [1.29, 1.82) is 0 Å². The molecule has 1 N–H and O–H groups in total. The number of anilines is 1. The van der Waals surface area contributed by atoms with E-state index < -0.39 is 0 Å². The smallest absolute Gasteiger partial charge is 0.281 e. The Balaban J connectivity index is 1.85. The lowest BCUT2D eigenvalue weighted by atomic mass is 10.2. The van der Waals surface area contributed by atoms with E-state index in [4.69, 9.17) is 17.0 Å². The second-order valence-electron chi connectivity index (χ2n) is 4.72. The van der Waals surface area contributed by atoms with Crippen molar-refractivity contribution in [1.82, 2.24) is 5.32 Å². The molecule has 1 aliphatic rings. The van der Waals surface area contributed by atoms with E-state index in [0.717, 1.165) is 15.1 Å². The second-order valence-corrected chi connectivity index (χ2v) is 6.97. The third kappa shape index (κ3) is 3.46. The molecule has 0 spiro atoms. The van der Waals surface area contributed by atoms with Crippen LogP contribution in [0.1, 0.15) is 11.8 Å². The summed E-state index contributed by atoms with van der Waals surface area (Å²) in [6.07, 6.45) is 1.80. The van der Waals surface area contributed by atoms with Crippen molar-refractivity contribution in [3.63, 3.8) is 0 Å². The molecule has 2 heterocycles. The van der Waals surface area contributed by atoms with Gasteiger partial charge in [-0.3, -0.25) is 9.69 Å². The number of benzene rings is 1. The number of carbonyl (C=O) groups excluding carboxylic acids is 1. The molecule has 7 heteroatoms. The molecule has 1 aromatic carbocycles. The number of halogens is 1. The zero-order valence-corrected chi connectivity index (χ0v) is 15.4. The van der Waals surface area contributed by atoms with E-state index in [0.29, 0.717) is 23.1 Å². The normalized spacial score (nSPS) is 16.1. The number of thiophene rings is 1. The van der Waals surface area contributed by atoms with Crippen molar-refractivity contribution >= 4 is 62.3 Å². The van der Waals surface area contributed by atoms with Crippen LogP contribution >= 0.6 is 39.5 Å². The number of ether oxygens (including phenoxy) is 1. The Hall–Kier alpha value is -1.70. The standard InChI is InChI=1S/C16H13BrN2O2S2/c1-2-21-12-5-3-11(4-6-12)19-15(20)14(18-16(19)22)8-13-7-10(17)9-23-13/h3-9H,2H2,1H3,(H,18,22)/b14-8+. The highest BCUT2D eigenvalue weighted by molar-refractivity contribution is 9.10. The molecule has 0 radical (unpaired) electrons. The lowest BCUT2D eigenvalue weighted by Gasteiger charge is -2.14. The first-order valence-corrected chi connectivity index (χ1v) is 9.00. The van der Waals surface area contributed by atoms with Crippen molar-refractivity contribution in [2.24, 2.45) is 0 Å². The van der Waals surface area contributed by atoms with Crippen LogP contribution in [0.2, 0.25) is 0 Å². The summed E-state index contributed by atoms with van der Waals surface area (Å²) in [6, 6.07) is 9.25. The highest BCUT2D eigenvalue weighted by Crippen LogP contribution is 2.27. The third-order valence-electron chi connectivity index (χ3n) is 3.16. The van der Waals surface area contributed by atoms with Crippen molar-refractivity contribution in [3.05, 3.63) is 50.8 Å². The first-order chi connectivity index (χ1) is 11.1. The van der Waals surface area contributed by atoms with Gasteiger partial charge in [0.05, 0.1) is 12.3 Å². The van der Waals surface area contributed by atoms with Gasteiger partial charge in [0.2, 0.25) is 0 Å². The number of carbonyl (C=O) groups is 1. The maximum atomic E-state index is 12.6. The molecule has 0 aliphatic carbocycles. The number of rotatable bonds is 4. The average molecular weight is 409 g/mol. The number of nitrogens with one attached hydrogen (secondary N) is 1. The van der Waals surface area contributed by atoms with Crippen molar-refractivity contribution < 1.29 is 9.53 Å². The quantitative estimate of drug-likeness (QED) is 0.608. The summed E-state index contributed by atoms with van der Waals surface area (Å²) in [5.74, 6) is 0.602. The van der Waals surface area contributed by atoms with Crippen LogP contribution in [0, 0.1) is 0 Å². The van der Waals surface area contributed by atoms with E-state index in [2.05, 4.69) is 21.2 Å². The first kappa shape index (κ1) is 16.2. The fourth-order valence-corrected chi connectivity index (χ4v) is 3.85. The van der Waals surface area contributed by atoms with Gasteiger partial charge in [0.25, 0.3) is 5.91 Å². The average Bonchev–Trinajstić information content (AvgIpc) is 3.05. The summed E-state index contributed by atoms with van der Waals surface area (Å²) in [5, 5.41) is 5.32. The topological polar surface area (TPSA) is 41.6 Å². The molecule has 0 saturated carbocycles. The minimum absolute atomic E-state index is 0.163. The molecule has 2 aromatic rings. The minimum atomic E-state index is -0.163. The largest absolute Gasteiger partial charge is 0.494 e. The molecule has 3 rings (SSSR count). The molecule has 1 saturated heterocycles. The molecule has 118 valence electrons. The van der Waals surface area contributed by atoms with E-state index >= 15 is 0 Å². The monoisotopic (exact) mass is 408 g/mol. The Morgan fingerprint density at radius 2 is 2.13 bits per heavy atom. The first-order valence-electron chi connectivity index (χ1n) is 6.92. The molecule has 1 fully saturated rings. The number of hydrogen-bond donors (Lipinski definition) is 1. The Morgan fingerprint density at radius 3 is 2.74 bits per heavy atom. The molecule has 0 bridgehead atoms. The SMILES string of the molecule is CCOc1ccc(N2C(=O)/C(=C\c3cc(Br)cs3)NC2=S)cc1. The van der Waals surface area contributed by atoms with Crippen LogP contribution in [0.4, 0.5) is 5.69 Å². The molecule has 4 nitrogen and oxygen atoms in total. The molecule has 1 aliphatic heterocycles. The maximum Gasteiger partial charge on any atom is 0.281 e. The molecular weight excluding hydrogens is 396 g/mol. The molecule has 1 aromatic heterocycles. The predicted molar refractivity (Wildman–Crippen MR) is 101 cm³/mol. The van der Waals surface area contributed by atoms with Gasteiger partial charge in [0.15, 0.2) is 5.11 Å². The third-order valence-corrected chi connectivity index (χ3v) is 5.08. The summed E-state index contributed by atoms with van der Waals surface area (Å²) >= 11 is 10.3. The van der Waals surface area contributed by atoms with Gasteiger partial charge in [-0.05, 0) is 71.5 Å². The van der Waals surface area contributed by atoms with E-state index in [1.54, 1.807) is 17.4 Å². The van der Waals surface area contributed by atoms with E-state index in [9.17, 15) is 4.79 Å². The van der Waals surface area contributed by atoms with Crippen LogP contribution in [0.3, 0.4) is 0 Å². The van der Waals surface area contributed by atoms with Crippen molar-refractivity contribution in [3.8, 4) is 5.75 Å². The van der Waals surface area contributed by atoms with Gasteiger partial charge in [-0.15, -0.1) is 11.3 Å². The summed E-state index contributed by atoms with van der Waals surface area (Å²) in [7, 11) is 0. The zero-order valence-electron chi connectivity index (χ0n) is 12.2. The lowest BCUT2D eigenvalue weighted by Crippen LogP contribution is -2.30. The van der Waals surface area contributed by atoms with Crippen LogP contribution in [-0.2, 0) is 4.79 Å². The van der Waals surface area contributed by atoms with Gasteiger partial charge in [0, 0.05) is 14.7 Å². The highest BCUT2D eigenvalue weighted by atomic mass is 79.9. The summed E-state index contributed by atoms with van der Waals surface area (Å²) in [4.78, 5) is 15.1. The van der Waals surface area contributed by atoms with Crippen LogP contribution in [0.25, 0.3) is 6.08 Å². The number of hydrogen-bond acceptors (Lipinski definition) is 4. The molecular formula is C16H13BrN2O2S2. The maximum absolute atomic E-state index is 12.6. The molecule has 0 unspecified atom stereocenters. The zero-order chi connectivity index (χ0) is 16.4. The molecule has 0 atom stereocenters. The summed E-state index contributed by atoms with van der Waals surface area (Å²) < 4.78 is 6.40. The number of amides is 1. The van der Waals surface area contributed by atoms with Crippen LogP contribution < -0.4 is 15.0 Å². The van der Waals surface area contributed by atoms with Gasteiger partial charge in [0.1, 0.15) is 11.4 Å². The Kier molecular flexibility index (Phi) is 4.79. The van der Waals surface area contributed by atoms with E-state index in [-0.39, 0.29) is 5.91 Å². The fourth-order valence-electron chi connectivity index (χ4n) is 2.17. The van der Waals surface area contributed by atoms with Crippen LogP contribution in [-0.4, -0.2) is 17.6 Å². The Morgan fingerprint density at radius 1 is 1.39 bits per heavy atom. The highest BCUT2D eigenvalue weighted by Gasteiger charge is 2.32. The minimum Gasteiger partial charge on any atom is -0.494 e. The predicted octanol–water partition coefficient (Wildman–Crippen LogP) is 4.17. The molecule has 1 amide bonds. The van der Waals surface area contributed by atoms with Crippen LogP contribution in [0.15, 0.2) is 45.9 Å².